The number of benzene rings is 1. The van der Waals surface area contributed by atoms with Gasteiger partial charge >= 0.3 is 0 Å². The van der Waals surface area contributed by atoms with Crippen LogP contribution in [0.2, 0.25) is 0 Å². The van der Waals surface area contributed by atoms with Crippen LogP contribution in [0.3, 0.4) is 0 Å². The van der Waals surface area contributed by atoms with Crippen LogP contribution >= 0.6 is 0 Å². The average molecular weight is 275 g/mol. The number of likely N-dealkylation sites (tertiary alicyclic amines) is 1. The molecule has 3 rings (SSSR count). The number of nitrogens with zero attached hydrogens (tertiary/aromatic N) is 1. The summed E-state index contributed by atoms with van der Waals surface area (Å²) in [4.78, 5) is 25.8. The Morgan fingerprint density at radius 1 is 1.10 bits per heavy atom. The molecule has 2 amide bonds. The van der Waals surface area contributed by atoms with Gasteiger partial charge in [0.2, 0.25) is 11.8 Å². The van der Waals surface area contributed by atoms with Gasteiger partial charge in [0.1, 0.15) is 11.5 Å². The highest BCUT2D eigenvalue weighted by Crippen LogP contribution is 2.48. The van der Waals surface area contributed by atoms with Crippen molar-refractivity contribution in [2.24, 2.45) is 5.92 Å². The fourth-order valence-electron chi connectivity index (χ4n) is 3.39. The first-order valence-corrected chi connectivity index (χ1v) is 6.65. The Kier molecular flexibility index (Phi) is 2.92. The van der Waals surface area contributed by atoms with E-state index in [2.05, 4.69) is 0 Å². The molecule has 0 spiro atoms. The van der Waals surface area contributed by atoms with E-state index in [1.807, 2.05) is 6.07 Å². The number of hydrogen-bond donors (Lipinski definition) is 0. The maximum absolute atomic E-state index is 12.4. The van der Waals surface area contributed by atoms with Crippen molar-refractivity contribution in [2.45, 2.75) is 18.8 Å². The number of likely N-dealkylation sites (N-methyl/N-ethyl adjacent to an activating group) is 1. The predicted molar refractivity (Wildman–Crippen MR) is 71.9 cm³/mol. The van der Waals surface area contributed by atoms with Crippen LogP contribution in [0.5, 0.6) is 11.5 Å². The largest absolute Gasteiger partial charge is 0.496 e. The highest BCUT2D eigenvalue weighted by molar-refractivity contribution is 6.08. The molecular formula is C15H17NO4. The molecule has 106 valence electrons. The van der Waals surface area contributed by atoms with Gasteiger partial charge in [-0.3, -0.25) is 14.5 Å². The SMILES string of the molecule is COc1ccc(OC)c2c1CCC1C(=O)N(C)C(=O)C21. The van der Waals surface area contributed by atoms with E-state index in [0.29, 0.717) is 12.2 Å². The Morgan fingerprint density at radius 2 is 1.75 bits per heavy atom. The van der Waals surface area contributed by atoms with Gasteiger partial charge in [-0.25, -0.2) is 0 Å². The molecule has 0 aromatic heterocycles. The molecule has 1 aromatic carbocycles. The molecule has 0 radical (unpaired) electrons. The summed E-state index contributed by atoms with van der Waals surface area (Å²) in [5.41, 5.74) is 1.82. The monoisotopic (exact) mass is 275 g/mol. The van der Waals surface area contributed by atoms with Crippen LogP contribution in [-0.2, 0) is 16.0 Å². The minimum Gasteiger partial charge on any atom is -0.496 e. The molecule has 20 heavy (non-hydrogen) atoms. The number of hydrogen-bond acceptors (Lipinski definition) is 4. The minimum atomic E-state index is -0.429. The number of fused-ring (bicyclic) bond motifs is 3. The van der Waals surface area contributed by atoms with Gasteiger partial charge in [0.05, 0.1) is 26.1 Å². The number of carbonyl (C=O) groups is 2. The van der Waals surface area contributed by atoms with Crippen LogP contribution in [0.15, 0.2) is 12.1 Å². The number of amides is 2. The molecule has 2 atom stereocenters. The van der Waals surface area contributed by atoms with E-state index in [1.165, 1.54) is 4.90 Å². The van der Waals surface area contributed by atoms with Gasteiger partial charge in [-0.1, -0.05) is 0 Å². The normalized spacial score (nSPS) is 24.4. The lowest BCUT2D eigenvalue weighted by Crippen LogP contribution is -2.25. The van der Waals surface area contributed by atoms with E-state index in [0.717, 1.165) is 23.3 Å². The summed E-state index contributed by atoms with van der Waals surface area (Å²) < 4.78 is 10.8. The van der Waals surface area contributed by atoms with Crippen molar-refractivity contribution in [3.63, 3.8) is 0 Å². The van der Waals surface area contributed by atoms with Gasteiger partial charge in [-0.05, 0) is 25.0 Å². The standard InChI is InChI=1S/C15H17NO4/c1-16-14(17)9-5-4-8-10(19-2)6-7-11(20-3)12(8)13(9)15(16)18/h6-7,9,13H,4-5H2,1-3H3. The molecule has 1 aliphatic heterocycles. The molecule has 5 heteroatoms. The van der Waals surface area contributed by atoms with Crippen molar-refractivity contribution in [2.75, 3.05) is 21.3 Å². The molecular weight excluding hydrogens is 258 g/mol. The van der Waals surface area contributed by atoms with Crippen molar-refractivity contribution in [3.05, 3.63) is 23.3 Å². The average Bonchev–Trinajstić information content (AvgIpc) is 2.70. The first kappa shape index (κ1) is 13.0. The van der Waals surface area contributed by atoms with E-state index in [1.54, 1.807) is 27.3 Å². The van der Waals surface area contributed by atoms with Crippen LogP contribution in [0.1, 0.15) is 23.5 Å². The summed E-state index contributed by atoms with van der Waals surface area (Å²) in [5.74, 6) is 0.492. The van der Waals surface area contributed by atoms with Crippen LogP contribution in [0, 0.1) is 5.92 Å². The second kappa shape index (κ2) is 4.51. The van der Waals surface area contributed by atoms with Crippen molar-refractivity contribution < 1.29 is 19.1 Å². The Morgan fingerprint density at radius 3 is 2.40 bits per heavy atom. The summed E-state index contributed by atoms with van der Waals surface area (Å²) in [7, 11) is 4.74. The van der Waals surface area contributed by atoms with Gasteiger partial charge in [-0.15, -0.1) is 0 Å². The van der Waals surface area contributed by atoms with Crippen LogP contribution < -0.4 is 9.47 Å². The second-order valence-electron chi connectivity index (χ2n) is 5.22. The summed E-state index contributed by atoms with van der Waals surface area (Å²) in [6.07, 6.45) is 1.40. The van der Waals surface area contributed by atoms with Crippen LogP contribution in [0.25, 0.3) is 0 Å². The Labute approximate surface area is 117 Å². The minimum absolute atomic E-state index is 0.0875. The molecule has 1 fully saturated rings. The molecule has 1 heterocycles. The first-order chi connectivity index (χ1) is 9.60. The van der Waals surface area contributed by atoms with Gasteiger partial charge in [0, 0.05) is 18.2 Å². The number of methoxy groups -OCH3 is 2. The van der Waals surface area contributed by atoms with Crippen LogP contribution in [0.4, 0.5) is 0 Å². The highest BCUT2D eigenvalue weighted by Gasteiger charge is 2.50. The fraction of sp³-hybridized carbons (Fsp3) is 0.467. The maximum atomic E-state index is 12.4. The Balaban J connectivity index is 2.21. The third kappa shape index (κ3) is 1.55. The number of ether oxygens (including phenoxy) is 2. The molecule has 1 aliphatic carbocycles. The number of imide groups is 1. The van der Waals surface area contributed by atoms with Crippen molar-refractivity contribution >= 4 is 11.8 Å². The van der Waals surface area contributed by atoms with Gasteiger partial charge in [0.15, 0.2) is 0 Å². The Hall–Kier alpha value is -2.04. The third-order valence-electron chi connectivity index (χ3n) is 4.38. The molecule has 2 unspecified atom stereocenters. The molecule has 0 saturated carbocycles. The fourth-order valence-corrected chi connectivity index (χ4v) is 3.39. The van der Waals surface area contributed by atoms with E-state index in [9.17, 15) is 9.59 Å². The lowest BCUT2D eigenvalue weighted by molar-refractivity contribution is -0.137. The van der Waals surface area contributed by atoms with Gasteiger partial charge < -0.3 is 9.47 Å². The summed E-state index contributed by atoms with van der Waals surface area (Å²) in [6, 6.07) is 3.65. The zero-order chi connectivity index (χ0) is 14.4. The number of rotatable bonds is 2. The molecule has 0 N–H and O–H groups in total. The highest BCUT2D eigenvalue weighted by atomic mass is 16.5. The summed E-state index contributed by atoms with van der Waals surface area (Å²) >= 11 is 0. The van der Waals surface area contributed by atoms with E-state index in [-0.39, 0.29) is 17.7 Å². The van der Waals surface area contributed by atoms with Crippen molar-refractivity contribution in [1.29, 1.82) is 0 Å². The first-order valence-electron chi connectivity index (χ1n) is 6.65. The predicted octanol–water partition coefficient (Wildman–Crippen LogP) is 1.35. The quantitative estimate of drug-likeness (QED) is 0.764. The zero-order valence-corrected chi connectivity index (χ0v) is 11.8. The third-order valence-corrected chi connectivity index (χ3v) is 4.38. The van der Waals surface area contributed by atoms with Crippen LogP contribution in [-0.4, -0.2) is 38.0 Å². The lowest BCUT2D eigenvalue weighted by Gasteiger charge is -2.27. The molecule has 0 bridgehead atoms. The second-order valence-corrected chi connectivity index (χ2v) is 5.22. The molecule has 1 saturated heterocycles. The molecule has 5 nitrogen and oxygen atoms in total. The molecule has 1 aromatic rings. The van der Waals surface area contributed by atoms with Crippen molar-refractivity contribution in [3.8, 4) is 11.5 Å². The Bertz CT molecular complexity index is 596. The van der Waals surface area contributed by atoms with E-state index >= 15 is 0 Å². The van der Waals surface area contributed by atoms with E-state index in [4.69, 9.17) is 9.47 Å². The summed E-state index contributed by atoms with van der Waals surface area (Å²) in [5, 5.41) is 0. The summed E-state index contributed by atoms with van der Waals surface area (Å²) in [6.45, 7) is 0. The van der Waals surface area contributed by atoms with Gasteiger partial charge in [0.25, 0.3) is 0 Å². The van der Waals surface area contributed by atoms with E-state index < -0.39 is 5.92 Å². The maximum Gasteiger partial charge on any atom is 0.237 e. The molecule has 2 aliphatic rings. The van der Waals surface area contributed by atoms with Crippen molar-refractivity contribution in [1.82, 2.24) is 4.90 Å². The van der Waals surface area contributed by atoms with Gasteiger partial charge in [-0.2, -0.15) is 0 Å². The smallest absolute Gasteiger partial charge is 0.237 e. The zero-order valence-electron chi connectivity index (χ0n) is 11.8. The topological polar surface area (TPSA) is 55.8 Å². The number of carbonyl (C=O) groups excluding carboxylic acids is 2. The lowest BCUT2D eigenvalue weighted by atomic mass is 9.75.